The maximum absolute atomic E-state index is 14.2. The number of aromatic nitrogens is 1. The lowest BCUT2D eigenvalue weighted by molar-refractivity contribution is -0.234. The molecule has 0 aliphatic rings. The van der Waals surface area contributed by atoms with Crippen LogP contribution in [-0.4, -0.2) is 35.2 Å². The number of ether oxygens (including phenoxy) is 1. The van der Waals surface area contributed by atoms with E-state index < -0.39 is 23.6 Å². The van der Waals surface area contributed by atoms with Crippen LogP contribution in [-0.2, 0) is 5.41 Å². The van der Waals surface area contributed by atoms with Crippen molar-refractivity contribution in [2.45, 2.75) is 57.2 Å². The van der Waals surface area contributed by atoms with Crippen molar-refractivity contribution in [2.24, 2.45) is 4.99 Å². The number of hydrogen-bond donors (Lipinski definition) is 2. The zero-order valence-corrected chi connectivity index (χ0v) is 19.8. The molecule has 0 fully saturated rings. The fourth-order valence-electron chi connectivity index (χ4n) is 4.25. The number of nitrogens with zero attached hydrogens (tertiary/aromatic N) is 1. The van der Waals surface area contributed by atoms with Gasteiger partial charge in [0.25, 0.3) is 5.56 Å². The summed E-state index contributed by atoms with van der Waals surface area (Å²) in [6, 6.07) is 11.5. The average molecular weight is 475 g/mol. The number of aliphatic hydroxyl groups is 1. The van der Waals surface area contributed by atoms with E-state index in [1.54, 1.807) is 38.1 Å². The van der Waals surface area contributed by atoms with Crippen LogP contribution >= 0.6 is 0 Å². The molecular weight excluding hydrogens is 445 g/mol. The van der Waals surface area contributed by atoms with Crippen molar-refractivity contribution in [3.63, 3.8) is 0 Å². The number of nitrogens with one attached hydrogen (secondary N) is 1. The first-order chi connectivity index (χ1) is 15.8. The van der Waals surface area contributed by atoms with Gasteiger partial charge >= 0.3 is 6.18 Å². The molecule has 0 spiro atoms. The molecule has 8 heteroatoms. The van der Waals surface area contributed by atoms with Crippen LogP contribution in [0.1, 0.15) is 51.2 Å². The minimum Gasteiger partial charge on any atom is -0.496 e. The molecule has 2 N–H and O–H groups in total. The summed E-state index contributed by atoms with van der Waals surface area (Å²) in [5, 5.41) is 11.6. The van der Waals surface area contributed by atoms with Gasteiger partial charge in [-0.1, -0.05) is 52.0 Å². The number of halogens is 3. The van der Waals surface area contributed by atoms with Gasteiger partial charge in [0, 0.05) is 28.7 Å². The summed E-state index contributed by atoms with van der Waals surface area (Å²) >= 11 is 0. The highest BCUT2D eigenvalue weighted by molar-refractivity contribution is 5.93. The molecule has 0 saturated carbocycles. The van der Waals surface area contributed by atoms with Crippen LogP contribution in [0.5, 0.6) is 5.75 Å². The Morgan fingerprint density at radius 2 is 1.76 bits per heavy atom. The molecule has 2 aromatic carbocycles. The Kier molecular flexibility index (Phi) is 6.94. The van der Waals surface area contributed by atoms with Crippen molar-refractivity contribution in [2.75, 3.05) is 7.11 Å². The fraction of sp³-hybridized carbons (Fsp3) is 0.385. The predicted molar refractivity (Wildman–Crippen MR) is 128 cm³/mol. The van der Waals surface area contributed by atoms with Gasteiger partial charge in [0.05, 0.1) is 12.8 Å². The van der Waals surface area contributed by atoms with Crippen molar-refractivity contribution in [3.05, 3.63) is 70.1 Å². The quantitative estimate of drug-likeness (QED) is 0.411. The van der Waals surface area contributed by atoms with E-state index in [9.17, 15) is 23.1 Å². The maximum atomic E-state index is 14.2. The third kappa shape index (κ3) is 4.87. The van der Waals surface area contributed by atoms with E-state index in [0.29, 0.717) is 28.3 Å². The number of H-pyrrole nitrogens is 1. The normalized spacial score (nSPS) is 14.6. The Morgan fingerprint density at radius 1 is 1.09 bits per heavy atom. The maximum Gasteiger partial charge on any atom is 0.422 e. The summed E-state index contributed by atoms with van der Waals surface area (Å²) in [5.41, 5.74) is -3.13. The molecule has 0 radical (unpaired) electrons. The lowest BCUT2D eigenvalue weighted by Gasteiger charge is -2.36. The molecule has 5 nitrogen and oxygen atoms in total. The van der Waals surface area contributed by atoms with Gasteiger partial charge in [-0.3, -0.25) is 9.79 Å². The Bertz CT molecular complexity index is 1260. The second kappa shape index (κ2) is 9.25. The highest BCUT2D eigenvalue weighted by atomic mass is 19.4. The molecule has 0 saturated heterocycles. The first-order valence-corrected chi connectivity index (χ1v) is 10.9. The highest BCUT2D eigenvalue weighted by Crippen LogP contribution is 2.45. The summed E-state index contributed by atoms with van der Waals surface area (Å²) in [6.07, 6.45) is -3.74. The number of alkyl halides is 3. The lowest BCUT2D eigenvalue weighted by atomic mass is 9.74. The highest BCUT2D eigenvalue weighted by Gasteiger charge is 2.55. The number of rotatable bonds is 7. The molecule has 0 aliphatic heterocycles. The first-order valence-electron chi connectivity index (χ1n) is 10.9. The van der Waals surface area contributed by atoms with E-state index in [1.165, 1.54) is 25.4 Å². The number of methoxy groups -OCH3 is 1. The van der Waals surface area contributed by atoms with Gasteiger partial charge in [-0.25, -0.2) is 0 Å². The molecule has 34 heavy (non-hydrogen) atoms. The van der Waals surface area contributed by atoms with Gasteiger partial charge in [-0.2, -0.15) is 13.2 Å². The predicted octanol–water partition coefficient (Wildman–Crippen LogP) is 6.02. The van der Waals surface area contributed by atoms with Crippen LogP contribution < -0.4 is 10.3 Å². The summed E-state index contributed by atoms with van der Waals surface area (Å²) in [7, 11) is 1.49. The molecule has 1 heterocycles. The minimum atomic E-state index is -4.99. The zero-order valence-electron chi connectivity index (χ0n) is 19.8. The number of aliphatic imine (C=N–C) groups is 1. The molecule has 0 amide bonds. The average Bonchev–Trinajstić information content (AvgIpc) is 2.76. The van der Waals surface area contributed by atoms with E-state index in [0.717, 1.165) is 5.56 Å². The number of fused-ring (bicyclic) bond motifs is 1. The van der Waals surface area contributed by atoms with Gasteiger partial charge in [0.2, 0.25) is 0 Å². The minimum absolute atomic E-state index is 0.100. The first kappa shape index (κ1) is 25.5. The van der Waals surface area contributed by atoms with Crippen molar-refractivity contribution in [1.82, 2.24) is 4.98 Å². The smallest absolute Gasteiger partial charge is 0.422 e. The summed E-state index contributed by atoms with van der Waals surface area (Å²) < 4.78 is 48.2. The van der Waals surface area contributed by atoms with Gasteiger partial charge in [0.15, 0.2) is 5.60 Å². The number of para-hydroxylation sites is 1. The molecule has 0 bridgehead atoms. The standard InChI is InChI=1S/C26H29F3N2O3/c1-16(2)17-8-6-10-20(22(17)34-5)24(3,4)14-25(33,26(27,28)29)15-31-21-11-7-9-19-18(21)12-13-30-23(19)32/h6-13,15-16,33H,14H2,1-5H3,(H,30,32)/b31-15+. The number of hydrogen-bond acceptors (Lipinski definition) is 4. The Balaban J connectivity index is 2.08. The molecule has 1 aromatic heterocycles. The van der Waals surface area contributed by atoms with Crippen LogP contribution in [0.25, 0.3) is 10.8 Å². The topological polar surface area (TPSA) is 74.7 Å². The summed E-state index contributed by atoms with van der Waals surface area (Å²) in [6.45, 7) is 7.22. The van der Waals surface area contributed by atoms with Gasteiger partial charge in [-0.05, 0) is 41.5 Å². The molecule has 1 atom stereocenters. The lowest BCUT2D eigenvalue weighted by Crippen LogP contribution is -2.50. The van der Waals surface area contributed by atoms with Gasteiger partial charge in [-0.15, -0.1) is 0 Å². The SMILES string of the molecule is COc1c(C(C)C)cccc1C(C)(C)CC(O)(/C=N/c1cccc2c(=O)[nH]ccc12)C(F)(F)F. The van der Waals surface area contributed by atoms with Crippen LogP contribution in [0.3, 0.4) is 0 Å². The van der Waals surface area contributed by atoms with Crippen molar-refractivity contribution >= 4 is 22.7 Å². The molecule has 1 unspecified atom stereocenters. The second-order valence-electron chi connectivity index (χ2n) is 9.37. The van der Waals surface area contributed by atoms with Crippen molar-refractivity contribution in [1.29, 1.82) is 0 Å². The largest absolute Gasteiger partial charge is 0.496 e. The van der Waals surface area contributed by atoms with E-state index in [-0.39, 0.29) is 17.2 Å². The Labute approximate surface area is 196 Å². The van der Waals surface area contributed by atoms with Crippen molar-refractivity contribution in [3.8, 4) is 5.75 Å². The fourth-order valence-corrected chi connectivity index (χ4v) is 4.25. The molecule has 3 aromatic rings. The van der Waals surface area contributed by atoms with Crippen LogP contribution in [0.4, 0.5) is 18.9 Å². The molecule has 0 aliphatic carbocycles. The van der Waals surface area contributed by atoms with E-state index in [1.807, 2.05) is 19.9 Å². The number of benzene rings is 2. The third-order valence-corrected chi connectivity index (χ3v) is 6.01. The second-order valence-corrected chi connectivity index (χ2v) is 9.37. The van der Waals surface area contributed by atoms with Crippen LogP contribution in [0.15, 0.2) is 58.4 Å². The zero-order chi connectivity index (χ0) is 25.3. The molecular formula is C26H29F3N2O3. The Hall–Kier alpha value is -3.13. The van der Waals surface area contributed by atoms with Crippen LogP contribution in [0, 0.1) is 0 Å². The van der Waals surface area contributed by atoms with Crippen LogP contribution in [0.2, 0.25) is 0 Å². The number of aromatic amines is 1. The summed E-state index contributed by atoms with van der Waals surface area (Å²) in [5.74, 6) is 0.612. The third-order valence-electron chi connectivity index (χ3n) is 6.01. The van der Waals surface area contributed by atoms with E-state index in [4.69, 9.17) is 4.74 Å². The number of pyridine rings is 1. The summed E-state index contributed by atoms with van der Waals surface area (Å²) in [4.78, 5) is 18.5. The van der Waals surface area contributed by atoms with Crippen molar-refractivity contribution < 1.29 is 23.0 Å². The van der Waals surface area contributed by atoms with E-state index >= 15 is 0 Å². The molecule has 3 rings (SSSR count). The molecule has 182 valence electrons. The van der Waals surface area contributed by atoms with Gasteiger partial charge < -0.3 is 14.8 Å². The Morgan fingerprint density at radius 3 is 2.38 bits per heavy atom. The van der Waals surface area contributed by atoms with E-state index in [2.05, 4.69) is 9.98 Å². The van der Waals surface area contributed by atoms with Gasteiger partial charge in [0.1, 0.15) is 5.75 Å². The monoisotopic (exact) mass is 474 g/mol.